The first-order valence-corrected chi connectivity index (χ1v) is 5.15. The Bertz CT molecular complexity index is 328. The van der Waals surface area contributed by atoms with Crippen molar-refractivity contribution in [2.75, 3.05) is 6.54 Å². The van der Waals surface area contributed by atoms with Crippen molar-refractivity contribution < 1.29 is 5.11 Å². The molecule has 0 bridgehead atoms. The van der Waals surface area contributed by atoms with Crippen LogP contribution in [0.2, 0.25) is 10.0 Å². The van der Waals surface area contributed by atoms with Crippen LogP contribution in [-0.2, 0) is 0 Å². The molecule has 0 amide bonds. The van der Waals surface area contributed by atoms with Crippen LogP contribution < -0.4 is 5.73 Å². The van der Waals surface area contributed by atoms with Gasteiger partial charge in [-0.1, -0.05) is 23.2 Å². The van der Waals surface area contributed by atoms with Gasteiger partial charge in [-0.3, -0.25) is 0 Å². The first-order valence-electron chi connectivity index (χ1n) is 4.40. The predicted octanol–water partition coefficient (Wildman–Crippen LogP) is 2.68. The summed E-state index contributed by atoms with van der Waals surface area (Å²) in [6, 6.07) is 3.44. The summed E-state index contributed by atoms with van der Waals surface area (Å²) in [5.74, 6) is 0. The van der Waals surface area contributed by atoms with E-state index in [9.17, 15) is 5.11 Å². The monoisotopic (exact) mass is 233 g/mol. The van der Waals surface area contributed by atoms with E-state index in [0.717, 1.165) is 11.1 Å². The molecule has 0 saturated carbocycles. The van der Waals surface area contributed by atoms with Gasteiger partial charge in [0, 0.05) is 0 Å². The van der Waals surface area contributed by atoms with E-state index in [1.807, 2.05) is 6.92 Å². The van der Waals surface area contributed by atoms with Crippen molar-refractivity contribution in [1.82, 2.24) is 0 Å². The molecule has 1 aromatic carbocycles. The SMILES string of the molecule is Cc1cc(Cl)c(Cl)cc1C(O)CCN. The second-order valence-corrected chi connectivity index (χ2v) is 4.03. The highest BCUT2D eigenvalue weighted by Gasteiger charge is 2.11. The summed E-state index contributed by atoms with van der Waals surface area (Å²) in [7, 11) is 0. The molecule has 0 aliphatic rings. The van der Waals surface area contributed by atoms with Crippen molar-refractivity contribution in [1.29, 1.82) is 0 Å². The molecule has 4 heteroatoms. The van der Waals surface area contributed by atoms with Crippen LogP contribution in [0.4, 0.5) is 0 Å². The summed E-state index contributed by atoms with van der Waals surface area (Å²) in [6.07, 6.45) is -0.0338. The fourth-order valence-electron chi connectivity index (χ4n) is 1.33. The van der Waals surface area contributed by atoms with Gasteiger partial charge < -0.3 is 10.8 Å². The van der Waals surface area contributed by atoms with E-state index in [4.69, 9.17) is 28.9 Å². The highest BCUT2D eigenvalue weighted by Crippen LogP contribution is 2.29. The van der Waals surface area contributed by atoms with Gasteiger partial charge in [0.2, 0.25) is 0 Å². The molecule has 1 unspecified atom stereocenters. The van der Waals surface area contributed by atoms with Crippen molar-refractivity contribution in [2.45, 2.75) is 19.4 Å². The van der Waals surface area contributed by atoms with Crippen LogP contribution >= 0.6 is 23.2 Å². The Morgan fingerprint density at radius 1 is 1.36 bits per heavy atom. The van der Waals surface area contributed by atoms with Gasteiger partial charge in [-0.2, -0.15) is 0 Å². The van der Waals surface area contributed by atoms with Gasteiger partial charge in [-0.25, -0.2) is 0 Å². The highest BCUT2D eigenvalue weighted by molar-refractivity contribution is 6.42. The Kier molecular flexibility index (Phi) is 4.20. The van der Waals surface area contributed by atoms with Crippen molar-refractivity contribution in [3.8, 4) is 0 Å². The van der Waals surface area contributed by atoms with E-state index in [2.05, 4.69) is 0 Å². The number of rotatable bonds is 3. The summed E-state index contributed by atoms with van der Waals surface area (Å²) in [4.78, 5) is 0. The zero-order valence-electron chi connectivity index (χ0n) is 7.93. The minimum atomic E-state index is -0.560. The third kappa shape index (κ3) is 2.61. The zero-order chi connectivity index (χ0) is 10.7. The van der Waals surface area contributed by atoms with Crippen LogP contribution in [0, 0.1) is 6.92 Å². The van der Waals surface area contributed by atoms with Crippen LogP contribution in [0.3, 0.4) is 0 Å². The number of nitrogens with two attached hydrogens (primary N) is 1. The third-order valence-corrected chi connectivity index (χ3v) is 2.83. The summed E-state index contributed by atoms with van der Waals surface area (Å²) in [6.45, 7) is 2.33. The van der Waals surface area contributed by atoms with Crippen LogP contribution in [0.1, 0.15) is 23.7 Å². The van der Waals surface area contributed by atoms with E-state index in [1.54, 1.807) is 12.1 Å². The fraction of sp³-hybridized carbons (Fsp3) is 0.400. The lowest BCUT2D eigenvalue weighted by atomic mass is 10.0. The van der Waals surface area contributed by atoms with E-state index < -0.39 is 6.10 Å². The van der Waals surface area contributed by atoms with Crippen molar-refractivity contribution in [3.63, 3.8) is 0 Å². The lowest BCUT2D eigenvalue weighted by Crippen LogP contribution is -2.07. The van der Waals surface area contributed by atoms with E-state index in [-0.39, 0.29) is 0 Å². The van der Waals surface area contributed by atoms with Crippen LogP contribution in [0.25, 0.3) is 0 Å². The molecule has 3 N–H and O–H groups in total. The number of hydrogen-bond donors (Lipinski definition) is 2. The van der Waals surface area contributed by atoms with Gasteiger partial charge in [-0.05, 0) is 43.1 Å². The minimum absolute atomic E-state index is 0.445. The average molecular weight is 234 g/mol. The molecule has 1 atom stereocenters. The maximum Gasteiger partial charge on any atom is 0.0805 e. The molecule has 78 valence electrons. The number of aliphatic hydroxyl groups excluding tert-OH is 1. The van der Waals surface area contributed by atoms with Crippen LogP contribution in [-0.4, -0.2) is 11.7 Å². The number of aliphatic hydroxyl groups is 1. The number of halogens is 2. The molecular weight excluding hydrogens is 221 g/mol. The Labute approximate surface area is 93.6 Å². The molecule has 0 saturated heterocycles. The first kappa shape index (κ1) is 11.8. The molecular formula is C10H13Cl2NO. The summed E-state index contributed by atoms with van der Waals surface area (Å²) >= 11 is 11.7. The van der Waals surface area contributed by atoms with Crippen molar-refractivity contribution >= 4 is 23.2 Å². The lowest BCUT2D eigenvalue weighted by molar-refractivity contribution is 0.169. The lowest BCUT2D eigenvalue weighted by Gasteiger charge is -2.13. The second-order valence-electron chi connectivity index (χ2n) is 3.22. The zero-order valence-corrected chi connectivity index (χ0v) is 9.44. The molecule has 1 aromatic rings. The predicted molar refractivity (Wildman–Crippen MR) is 59.8 cm³/mol. The average Bonchev–Trinajstić information content (AvgIpc) is 2.11. The van der Waals surface area contributed by atoms with Crippen LogP contribution in [0.15, 0.2) is 12.1 Å². The normalized spacial score (nSPS) is 12.9. The third-order valence-electron chi connectivity index (χ3n) is 2.11. The molecule has 0 aromatic heterocycles. The summed E-state index contributed by atoms with van der Waals surface area (Å²) in [5.41, 5.74) is 7.09. The van der Waals surface area contributed by atoms with Crippen LogP contribution in [0.5, 0.6) is 0 Å². The molecule has 0 aliphatic carbocycles. The molecule has 0 radical (unpaired) electrons. The standard InChI is InChI=1S/C10H13Cl2NO/c1-6-4-8(11)9(12)5-7(6)10(14)2-3-13/h4-5,10,14H,2-3,13H2,1H3. The van der Waals surface area contributed by atoms with Gasteiger partial charge in [-0.15, -0.1) is 0 Å². The van der Waals surface area contributed by atoms with E-state index in [0.29, 0.717) is 23.0 Å². The number of benzene rings is 1. The summed E-state index contributed by atoms with van der Waals surface area (Å²) < 4.78 is 0. The Balaban J connectivity index is 3.02. The maximum absolute atomic E-state index is 9.73. The fourth-order valence-corrected chi connectivity index (χ4v) is 1.72. The van der Waals surface area contributed by atoms with Crippen molar-refractivity contribution in [2.24, 2.45) is 5.73 Å². The van der Waals surface area contributed by atoms with Gasteiger partial charge in [0.25, 0.3) is 0 Å². The van der Waals surface area contributed by atoms with E-state index in [1.165, 1.54) is 0 Å². The number of aryl methyl sites for hydroxylation is 1. The molecule has 0 fully saturated rings. The van der Waals surface area contributed by atoms with Crippen molar-refractivity contribution in [3.05, 3.63) is 33.3 Å². The second kappa shape index (κ2) is 4.99. The molecule has 0 heterocycles. The first-order chi connectivity index (χ1) is 6.56. The maximum atomic E-state index is 9.73. The van der Waals surface area contributed by atoms with Gasteiger partial charge in [0.05, 0.1) is 16.1 Å². The Morgan fingerprint density at radius 3 is 2.50 bits per heavy atom. The van der Waals surface area contributed by atoms with E-state index >= 15 is 0 Å². The topological polar surface area (TPSA) is 46.2 Å². The smallest absolute Gasteiger partial charge is 0.0805 e. The van der Waals surface area contributed by atoms with Gasteiger partial charge in [0.15, 0.2) is 0 Å². The largest absolute Gasteiger partial charge is 0.388 e. The van der Waals surface area contributed by atoms with Gasteiger partial charge in [0.1, 0.15) is 0 Å². The quantitative estimate of drug-likeness (QED) is 0.844. The highest BCUT2D eigenvalue weighted by atomic mass is 35.5. The molecule has 0 aliphatic heterocycles. The molecule has 2 nitrogen and oxygen atoms in total. The molecule has 1 rings (SSSR count). The van der Waals surface area contributed by atoms with Gasteiger partial charge >= 0.3 is 0 Å². The summed E-state index contributed by atoms with van der Waals surface area (Å²) in [5, 5.41) is 10.7. The molecule has 14 heavy (non-hydrogen) atoms. The Morgan fingerprint density at radius 2 is 1.93 bits per heavy atom. The Hall–Kier alpha value is -0.280. The molecule has 0 spiro atoms. The minimum Gasteiger partial charge on any atom is -0.388 e. The number of hydrogen-bond acceptors (Lipinski definition) is 2.